The van der Waals surface area contributed by atoms with Crippen LogP contribution in [0.2, 0.25) is 0 Å². The fraction of sp³-hybridized carbons (Fsp3) is 0.346. The second-order valence-corrected chi connectivity index (χ2v) is 8.23. The lowest BCUT2D eigenvalue weighted by atomic mass is 10.1. The maximum absolute atomic E-state index is 11.1. The standard InChI is InChI=1S/C26H30N4O6/c1-33-12-13-36-24-16-21-20(15-23(24)34-10-5-3-2-4-6-25(31)30-32)26(28-17-27-21)29-19-7-8-22-18(14-19)9-11-35-22/h7-9,11,14-17,32H,2-6,10,12-13H2,1H3,(H,30,31)(H,27,28,29). The minimum absolute atomic E-state index is 0.308. The molecule has 4 rings (SSSR count). The van der Waals surface area contributed by atoms with Crippen molar-refractivity contribution in [2.24, 2.45) is 0 Å². The molecule has 0 aliphatic heterocycles. The summed E-state index contributed by atoms with van der Waals surface area (Å²) in [6, 6.07) is 11.5. The Kier molecular flexibility index (Phi) is 8.90. The van der Waals surface area contributed by atoms with Gasteiger partial charge in [-0.2, -0.15) is 0 Å². The van der Waals surface area contributed by atoms with E-state index in [0.29, 0.717) is 50.0 Å². The molecule has 36 heavy (non-hydrogen) atoms. The highest BCUT2D eigenvalue weighted by Gasteiger charge is 2.13. The first-order chi connectivity index (χ1) is 17.7. The number of furan rings is 1. The number of nitrogens with zero attached hydrogens (tertiary/aromatic N) is 2. The van der Waals surface area contributed by atoms with E-state index in [0.717, 1.165) is 46.8 Å². The smallest absolute Gasteiger partial charge is 0.243 e. The highest BCUT2D eigenvalue weighted by molar-refractivity contribution is 5.93. The summed E-state index contributed by atoms with van der Waals surface area (Å²) in [6.45, 7) is 1.32. The maximum Gasteiger partial charge on any atom is 0.243 e. The quantitative estimate of drug-likeness (QED) is 0.126. The molecule has 3 N–H and O–H groups in total. The molecule has 10 nitrogen and oxygen atoms in total. The summed E-state index contributed by atoms with van der Waals surface area (Å²) in [5.74, 6) is 1.47. The topological polar surface area (TPSA) is 128 Å². The van der Waals surface area contributed by atoms with E-state index in [2.05, 4.69) is 15.3 Å². The van der Waals surface area contributed by atoms with Crippen LogP contribution in [-0.4, -0.2) is 48.0 Å². The number of aromatic nitrogens is 2. The molecule has 0 aliphatic rings. The monoisotopic (exact) mass is 494 g/mol. The van der Waals surface area contributed by atoms with Crippen LogP contribution in [-0.2, 0) is 9.53 Å². The number of unbranched alkanes of at least 4 members (excludes halogenated alkanes) is 3. The van der Waals surface area contributed by atoms with Crippen LogP contribution in [0.1, 0.15) is 32.1 Å². The molecule has 0 aliphatic carbocycles. The van der Waals surface area contributed by atoms with E-state index in [4.69, 9.17) is 23.8 Å². The fourth-order valence-electron chi connectivity index (χ4n) is 3.78. The second kappa shape index (κ2) is 12.7. The zero-order valence-corrected chi connectivity index (χ0v) is 20.2. The number of fused-ring (bicyclic) bond motifs is 2. The van der Waals surface area contributed by atoms with Gasteiger partial charge in [-0.05, 0) is 43.2 Å². The van der Waals surface area contributed by atoms with Gasteiger partial charge < -0.3 is 23.9 Å². The van der Waals surface area contributed by atoms with E-state index >= 15 is 0 Å². The van der Waals surface area contributed by atoms with Gasteiger partial charge in [-0.25, -0.2) is 15.4 Å². The molecule has 0 atom stereocenters. The molecule has 0 unspecified atom stereocenters. The average Bonchev–Trinajstić information content (AvgIpc) is 3.36. The molecular weight excluding hydrogens is 464 g/mol. The molecule has 10 heteroatoms. The van der Waals surface area contributed by atoms with Gasteiger partial charge in [-0.3, -0.25) is 10.0 Å². The Morgan fingerprint density at radius 2 is 1.81 bits per heavy atom. The third-order valence-corrected chi connectivity index (χ3v) is 5.64. The van der Waals surface area contributed by atoms with Crippen LogP contribution in [0.4, 0.5) is 11.5 Å². The fourth-order valence-corrected chi connectivity index (χ4v) is 3.78. The van der Waals surface area contributed by atoms with E-state index in [1.54, 1.807) is 18.9 Å². The van der Waals surface area contributed by atoms with Gasteiger partial charge in [0.25, 0.3) is 0 Å². The Bertz CT molecular complexity index is 1290. The number of hydrogen-bond donors (Lipinski definition) is 3. The molecule has 0 bridgehead atoms. The largest absolute Gasteiger partial charge is 0.490 e. The van der Waals surface area contributed by atoms with Gasteiger partial charge in [0, 0.05) is 36.1 Å². The molecule has 190 valence electrons. The van der Waals surface area contributed by atoms with Crippen molar-refractivity contribution in [1.29, 1.82) is 0 Å². The van der Waals surface area contributed by atoms with Crippen molar-refractivity contribution in [3.05, 3.63) is 49.0 Å². The SMILES string of the molecule is COCCOc1cc2ncnc(Nc3ccc4occc4c3)c2cc1OCCCCCCC(=O)NO. The van der Waals surface area contributed by atoms with Crippen LogP contribution in [0.3, 0.4) is 0 Å². The minimum Gasteiger partial charge on any atom is -0.490 e. The number of amides is 1. The first-order valence-corrected chi connectivity index (χ1v) is 11.9. The Balaban J connectivity index is 1.48. The Morgan fingerprint density at radius 1 is 0.972 bits per heavy atom. The average molecular weight is 495 g/mol. The van der Waals surface area contributed by atoms with E-state index in [1.165, 1.54) is 6.33 Å². The summed E-state index contributed by atoms with van der Waals surface area (Å²) in [5, 5.41) is 13.7. The van der Waals surface area contributed by atoms with Crippen LogP contribution in [0.5, 0.6) is 11.5 Å². The van der Waals surface area contributed by atoms with E-state index in [1.807, 2.05) is 36.4 Å². The van der Waals surface area contributed by atoms with Crippen LogP contribution >= 0.6 is 0 Å². The van der Waals surface area contributed by atoms with Crippen LogP contribution in [0, 0.1) is 0 Å². The van der Waals surface area contributed by atoms with Gasteiger partial charge in [0.15, 0.2) is 11.5 Å². The van der Waals surface area contributed by atoms with Gasteiger partial charge in [0.1, 0.15) is 24.3 Å². The molecular formula is C26H30N4O6. The molecule has 2 aromatic carbocycles. The number of carbonyl (C=O) groups excluding carboxylic acids is 1. The molecule has 0 fully saturated rings. The van der Waals surface area contributed by atoms with Gasteiger partial charge in [0.2, 0.25) is 5.91 Å². The molecule has 0 saturated heterocycles. The van der Waals surface area contributed by atoms with Gasteiger partial charge in [0.05, 0.1) is 25.0 Å². The van der Waals surface area contributed by atoms with E-state index < -0.39 is 0 Å². The molecule has 0 radical (unpaired) electrons. The summed E-state index contributed by atoms with van der Waals surface area (Å²) in [4.78, 5) is 20.0. The predicted octanol–water partition coefficient (Wildman–Crippen LogP) is 4.98. The molecule has 0 saturated carbocycles. The highest BCUT2D eigenvalue weighted by Crippen LogP contribution is 2.35. The predicted molar refractivity (Wildman–Crippen MR) is 135 cm³/mol. The van der Waals surface area contributed by atoms with Crippen molar-refractivity contribution in [1.82, 2.24) is 15.4 Å². The number of nitrogens with one attached hydrogen (secondary N) is 2. The molecule has 1 amide bonds. The minimum atomic E-state index is -0.364. The van der Waals surface area contributed by atoms with Crippen LogP contribution in [0.15, 0.2) is 53.4 Å². The van der Waals surface area contributed by atoms with Crippen molar-refractivity contribution < 1.29 is 28.6 Å². The van der Waals surface area contributed by atoms with Crippen molar-refractivity contribution >= 4 is 39.3 Å². The lowest BCUT2D eigenvalue weighted by Crippen LogP contribution is -2.17. The Morgan fingerprint density at radius 3 is 2.67 bits per heavy atom. The first kappa shape index (κ1) is 25.2. The third kappa shape index (κ3) is 6.61. The second-order valence-electron chi connectivity index (χ2n) is 8.23. The summed E-state index contributed by atoms with van der Waals surface area (Å²) >= 11 is 0. The highest BCUT2D eigenvalue weighted by atomic mass is 16.5. The number of rotatable bonds is 14. The summed E-state index contributed by atoms with van der Waals surface area (Å²) in [5.41, 5.74) is 4.07. The lowest BCUT2D eigenvalue weighted by molar-refractivity contribution is -0.129. The number of hydroxylamine groups is 1. The van der Waals surface area contributed by atoms with Crippen molar-refractivity contribution in [3.8, 4) is 11.5 Å². The lowest BCUT2D eigenvalue weighted by Gasteiger charge is -2.15. The zero-order valence-electron chi connectivity index (χ0n) is 20.2. The van der Waals surface area contributed by atoms with Crippen molar-refractivity contribution in [2.75, 3.05) is 32.2 Å². The van der Waals surface area contributed by atoms with Crippen molar-refractivity contribution in [2.45, 2.75) is 32.1 Å². The maximum atomic E-state index is 11.1. The Hall–Kier alpha value is -3.89. The molecule has 4 aromatic rings. The Labute approximate surface area is 208 Å². The van der Waals surface area contributed by atoms with Gasteiger partial charge in [-0.1, -0.05) is 12.8 Å². The van der Waals surface area contributed by atoms with Crippen LogP contribution < -0.4 is 20.3 Å². The van der Waals surface area contributed by atoms with Gasteiger partial charge in [-0.15, -0.1) is 0 Å². The zero-order chi connectivity index (χ0) is 25.2. The first-order valence-electron chi connectivity index (χ1n) is 11.9. The number of benzene rings is 2. The van der Waals surface area contributed by atoms with E-state index in [9.17, 15) is 4.79 Å². The molecule has 2 aromatic heterocycles. The normalized spacial score (nSPS) is 11.1. The van der Waals surface area contributed by atoms with E-state index in [-0.39, 0.29) is 5.91 Å². The number of methoxy groups -OCH3 is 1. The third-order valence-electron chi connectivity index (χ3n) is 5.64. The van der Waals surface area contributed by atoms with Crippen molar-refractivity contribution in [3.63, 3.8) is 0 Å². The number of carbonyl (C=O) groups is 1. The molecule has 2 heterocycles. The van der Waals surface area contributed by atoms with Gasteiger partial charge >= 0.3 is 0 Å². The summed E-state index contributed by atoms with van der Waals surface area (Å²) in [6.07, 6.45) is 6.78. The molecule has 0 spiro atoms. The summed E-state index contributed by atoms with van der Waals surface area (Å²) < 4.78 is 22.5. The number of anilines is 2. The van der Waals surface area contributed by atoms with Crippen LogP contribution in [0.25, 0.3) is 21.9 Å². The number of hydrogen-bond acceptors (Lipinski definition) is 9. The summed E-state index contributed by atoms with van der Waals surface area (Å²) in [7, 11) is 1.62. The number of ether oxygens (including phenoxy) is 3.